The number of benzene rings is 3. The van der Waals surface area contributed by atoms with Gasteiger partial charge in [0.25, 0.3) is 11.6 Å². The van der Waals surface area contributed by atoms with Crippen molar-refractivity contribution in [2.24, 2.45) is 0 Å². The molecule has 1 N–H and O–H groups in total. The number of carbonyl (C=O) groups is 2. The summed E-state index contributed by atoms with van der Waals surface area (Å²) in [7, 11) is 0. The zero-order chi connectivity index (χ0) is 23.4. The molecule has 33 heavy (non-hydrogen) atoms. The van der Waals surface area contributed by atoms with Crippen molar-refractivity contribution in [3.63, 3.8) is 0 Å². The van der Waals surface area contributed by atoms with Gasteiger partial charge in [0.05, 0.1) is 16.1 Å². The zero-order valence-electron chi connectivity index (χ0n) is 16.9. The van der Waals surface area contributed by atoms with Crippen molar-refractivity contribution in [3.8, 4) is 0 Å². The molecule has 4 aromatic rings. The van der Waals surface area contributed by atoms with E-state index in [0.29, 0.717) is 26.8 Å². The Hall–Kier alpha value is -4.12. The minimum atomic E-state index is -1.25. The molecule has 1 atom stereocenters. The van der Waals surface area contributed by atoms with E-state index in [9.17, 15) is 19.7 Å². The minimum Gasteiger partial charge on any atom is -0.446 e. The molecule has 0 aliphatic carbocycles. The fourth-order valence-corrected chi connectivity index (χ4v) is 3.61. The minimum absolute atomic E-state index is 0.133. The summed E-state index contributed by atoms with van der Waals surface area (Å²) in [5.41, 5.74) is 1.91. The average Bonchev–Trinajstić information content (AvgIpc) is 3.22. The molecular formula is C22H16BrN5O5. The SMILES string of the molecule is O=C(Cn1nnc2ccccc21)OC(C(=O)Nc1ccc([N+](=O)[O-])cc1Br)c1ccccc1. The normalized spacial score (nSPS) is 11.7. The number of para-hydroxylation sites is 1. The van der Waals surface area contributed by atoms with Crippen LogP contribution in [0.2, 0.25) is 0 Å². The van der Waals surface area contributed by atoms with Gasteiger partial charge in [-0.15, -0.1) is 5.10 Å². The smallest absolute Gasteiger partial charge is 0.328 e. The van der Waals surface area contributed by atoms with Crippen molar-refractivity contribution in [1.82, 2.24) is 15.0 Å². The lowest BCUT2D eigenvalue weighted by Crippen LogP contribution is -2.27. The number of anilines is 1. The third kappa shape index (κ3) is 5.04. The Morgan fingerprint density at radius 3 is 2.55 bits per heavy atom. The summed E-state index contributed by atoms with van der Waals surface area (Å²) in [5, 5.41) is 21.6. The molecule has 0 fully saturated rings. The van der Waals surface area contributed by atoms with Crippen molar-refractivity contribution in [2.75, 3.05) is 5.32 Å². The maximum Gasteiger partial charge on any atom is 0.328 e. The van der Waals surface area contributed by atoms with Gasteiger partial charge in [0.15, 0.2) is 0 Å². The monoisotopic (exact) mass is 509 g/mol. The number of ether oxygens (including phenoxy) is 1. The fraction of sp³-hybridized carbons (Fsp3) is 0.0909. The summed E-state index contributed by atoms with van der Waals surface area (Å²) >= 11 is 3.22. The first kappa shape index (κ1) is 22.1. The molecule has 1 aromatic heterocycles. The standard InChI is InChI=1S/C22H16BrN5O5/c23-16-12-15(28(31)32)10-11-17(16)24-22(30)21(14-6-2-1-3-7-14)33-20(29)13-27-19-9-5-4-8-18(19)25-26-27/h1-12,21H,13H2,(H,24,30). The topological polar surface area (TPSA) is 129 Å². The molecule has 11 heteroatoms. The molecule has 0 bridgehead atoms. The van der Waals surface area contributed by atoms with Crippen LogP contribution in [0.3, 0.4) is 0 Å². The molecule has 4 rings (SSSR count). The first-order chi connectivity index (χ1) is 15.9. The summed E-state index contributed by atoms with van der Waals surface area (Å²) in [5.74, 6) is -1.30. The average molecular weight is 510 g/mol. The number of rotatable bonds is 7. The molecule has 1 amide bonds. The van der Waals surface area contributed by atoms with Gasteiger partial charge < -0.3 is 10.1 Å². The number of non-ortho nitro benzene ring substituents is 1. The first-order valence-corrected chi connectivity index (χ1v) is 10.5. The van der Waals surface area contributed by atoms with Crippen LogP contribution in [0, 0.1) is 10.1 Å². The van der Waals surface area contributed by atoms with Gasteiger partial charge in [0.2, 0.25) is 6.10 Å². The summed E-state index contributed by atoms with van der Waals surface area (Å²) in [4.78, 5) is 36.2. The lowest BCUT2D eigenvalue weighted by molar-refractivity contribution is -0.384. The number of nitrogens with zero attached hydrogens (tertiary/aromatic N) is 4. The van der Waals surface area contributed by atoms with Gasteiger partial charge in [-0.05, 0) is 34.1 Å². The predicted molar refractivity (Wildman–Crippen MR) is 122 cm³/mol. The Labute approximate surface area is 195 Å². The molecule has 0 spiro atoms. The van der Waals surface area contributed by atoms with Crippen molar-refractivity contribution in [3.05, 3.63) is 92.9 Å². The van der Waals surface area contributed by atoms with E-state index in [0.717, 1.165) is 0 Å². The van der Waals surface area contributed by atoms with Crippen LogP contribution >= 0.6 is 15.9 Å². The van der Waals surface area contributed by atoms with Crippen LogP contribution in [0.1, 0.15) is 11.7 Å². The summed E-state index contributed by atoms with van der Waals surface area (Å²) in [6.07, 6.45) is -1.25. The molecule has 1 unspecified atom stereocenters. The van der Waals surface area contributed by atoms with Crippen LogP contribution in [-0.2, 0) is 20.9 Å². The van der Waals surface area contributed by atoms with Crippen molar-refractivity contribution >= 4 is 50.2 Å². The number of nitro groups is 1. The maximum atomic E-state index is 13.1. The van der Waals surface area contributed by atoms with E-state index in [-0.39, 0.29) is 12.2 Å². The van der Waals surface area contributed by atoms with Crippen LogP contribution in [0.25, 0.3) is 11.0 Å². The quantitative estimate of drug-likeness (QED) is 0.226. The van der Waals surface area contributed by atoms with Gasteiger partial charge in [0.1, 0.15) is 12.1 Å². The predicted octanol–water partition coefficient (Wildman–Crippen LogP) is 4.03. The van der Waals surface area contributed by atoms with Gasteiger partial charge in [0, 0.05) is 22.2 Å². The van der Waals surface area contributed by atoms with Crippen LogP contribution in [0.4, 0.5) is 11.4 Å². The second kappa shape index (κ2) is 9.57. The number of aromatic nitrogens is 3. The Morgan fingerprint density at radius 2 is 1.82 bits per heavy atom. The van der Waals surface area contributed by atoms with Gasteiger partial charge >= 0.3 is 5.97 Å². The van der Waals surface area contributed by atoms with Gasteiger partial charge in [-0.3, -0.25) is 19.7 Å². The van der Waals surface area contributed by atoms with E-state index in [1.165, 1.54) is 22.9 Å². The van der Waals surface area contributed by atoms with E-state index in [4.69, 9.17) is 4.74 Å². The number of fused-ring (bicyclic) bond motifs is 1. The highest BCUT2D eigenvalue weighted by atomic mass is 79.9. The van der Waals surface area contributed by atoms with Crippen molar-refractivity contribution < 1.29 is 19.2 Å². The van der Waals surface area contributed by atoms with Crippen molar-refractivity contribution in [1.29, 1.82) is 0 Å². The van der Waals surface area contributed by atoms with Gasteiger partial charge in [-0.2, -0.15) is 0 Å². The number of carbonyl (C=O) groups excluding carboxylic acids is 2. The Balaban J connectivity index is 1.54. The third-order valence-corrected chi connectivity index (χ3v) is 5.37. The zero-order valence-corrected chi connectivity index (χ0v) is 18.5. The Morgan fingerprint density at radius 1 is 1.09 bits per heavy atom. The third-order valence-electron chi connectivity index (χ3n) is 4.71. The molecule has 10 nitrogen and oxygen atoms in total. The molecule has 0 saturated heterocycles. The van der Waals surface area contributed by atoms with E-state index < -0.39 is 22.9 Å². The molecule has 0 aliphatic heterocycles. The summed E-state index contributed by atoms with van der Waals surface area (Å²) in [6, 6.07) is 19.6. The number of amides is 1. The summed E-state index contributed by atoms with van der Waals surface area (Å²) < 4.78 is 7.24. The maximum absolute atomic E-state index is 13.1. The highest BCUT2D eigenvalue weighted by Crippen LogP contribution is 2.29. The van der Waals surface area contributed by atoms with E-state index >= 15 is 0 Å². The highest BCUT2D eigenvalue weighted by molar-refractivity contribution is 9.10. The Bertz CT molecular complexity index is 1340. The molecular weight excluding hydrogens is 494 g/mol. The number of esters is 1. The molecule has 1 heterocycles. The largest absolute Gasteiger partial charge is 0.446 e. The van der Waals surface area contributed by atoms with Gasteiger partial charge in [-0.1, -0.05) is 47.7 Å². The van der Waals surface area contributed by atoms with Gasteiger partial charge in [-0.25, -0.2) is 4.68 Å². The highest BCUT2D eigenvalue weighted by Gasteiger charge is 2.26. The molecule has 3 aromatic carbocycles. The number of hydrogen-bond donors (Lipinski definition) is 1. The molecule has 0 aliphatic rings. The van der Waals surface area contributed by atoms with E-state index in [1.54, 1.807) is 48.5 Å². The summed E-state index contributed by atoms with van der Waals surface area (Å²) in [6.45, 7) is -0.238. The van der Waals surface area contributed by atoms with Crippen molar-refractivity contribution in [2.45, 2.75) is 12.6 Å². The van der Waals surface area contributed by atoms with Crippen LogP contribution < -0.4 is 5.32 Å². The number of nitrogens with one attached hydrogen (secondary N) is 1. The van der Waals surface area contributed by atoms with Crippen LogP contribution in [0.15, 0.2) is 77.3 Å². The number of nitro benzene ring substituents is 1. The number of hydrogen-bond acceptors (Lipinski definition) is 7. The second-order valence-corrected chi connectivity index (χ2v) is 7.78. The molecule has 166 valence electrons. The lowest BCUT2D eigenvalue weighted by atomic mass is 10.1. The molecule has 0 saturated carbocycles. The second-order valence-electron chi connectivity index (χ2n) is 6.93. The first-order valence-electron chi connectivity index (χ1n) is 9.70. The lowest BCUT2D eigenvalue weighted by Gasteiger charge is -2.18. The van der Waals surface area contributed by atoms with E-state index in [1.807, 2.05) is 6.07 Å². The fourth-order valence-electron chi connectivity index (χ4n) is 3.14. The van der Waals surface area contributed by atoms with Crippen LogP contribution in [0.5, 0.6) is 0 Å². The number of halogens is 1. The van der Waals surface area contributed by atoms with Crippen LogP contribution in [-0.4, -0.2) is 31.8 Å². The van der Waals surface area contributed by atoms with E-state index in [2.05, 4.69) is 31.6 Å². The Kier molecular flexibility index (Phi) is 6.41. The molecule has 0 radical (unpaired) electrons.